The van der Waals surface area contributed by atoms with Crippen molar-refractivity contribution in [2.75, 3.05) is 5.75 Å². The SMILES string of the molecule is Cc1ccc(CSCC(=O)N(Cc2ccccc2C)[C@@H](Cc2ccccc2)C(=O)NC2CCCCC2)cc1. The minimum atomic E-state index is -0.564. The molecule has 3 aromatic carbocycles. The summed E-state index contributed by atoms with van der Waals surface area (Å²) >= 11 is 1.61. The van der Waals surface area contributed by atoms with Crippen LogP contribution in [0, 0.1) is 13.8 Å². The van der Waals surface area contributed by atoms with Gasteiger partial charge in [-0.1, -0.05) is 104 Å². The van der Waals surface area contributed by atoms with Crippen LogP contribution in [0.3, 0.4) is 0 Å². The zero-order valence-electron chi connectivity index (χ0n) is 22.7. The van der Waals surface area contributed by atoms with Crippen LogP contribution < -0.4 is 5.32 Å². The number of thioether (sulfide) groups is 1. The van der Waals surface area contributed by atoms with E-state index < -0.39 is 6.04 Å². The fraction of sp³-hybridized carbons (Fsp3) is 0.394. The van der Waals surface area contributed by atoms with E-state index in [2.05, 4.69) is 55.6 Å². The number of amides is 2. The van der Waals surface area contributed by atoms with Crippen molar-refractivity contribution in [3.05, 3.63) is 107 Å². The third-order valence-corrected chi connectivity index (χ3v) is 8.43. The van der Waals surface area contributed by atoms with E-state index in [0.717, 1.165) is 48.1 Å². The van der Waals surface area contributed by atoms with Gasteiger partial charge in [0.2, 0.25) is 11.8 Å². The van der Waals surface area contributed by atoms with Crippen molar-refractivity contribution in [2.45, 2.75) is 76.8 Å². The summed E-state index contributed by atoms with van der Waals surface area (Å²) in [4.78, 5) is 29.5. The number of benzene rings is 3. The molecule has 0 spiro atoms. The van der Waals surface area contributed by atoms with Gasteiger partial charge in [0.1, 0.15) is 6.04 Å². The Kier molecular flexibility index (Phi) is 10.5. The third-order valence-electron chi connectivity index (χ3n) is 7.44. The molecule has 38 heavy (non-hydrogen) atoms. The number of nitrogens with one attached hydrogen (secondary N) is 1. The number of rotatable bonds is 11. The lowest BCUT2D eigenvalue weighted by Gasteiger charge is -2.34. The molecule has 3 aromatic rings. The van der Waals surface area contributed by atoms with Crippen LogP contribution in [0.25, 0.3) is 0 Å². The van der Waals surface area contributed by atoms with Crippen LogP contribution >= 0.6 is 11.8 Å². The molecule has 0 bridgehead atoms. The van der Waals surface area contributed by atoms with Gasteiger partial charge in [0, 0.05) is 24.8 Å². The van der Waals surface area contributed by atoms with Crippen LogP contribution in [-0.4, -0.2) is 34.6 Å². The van der Waals surface area contributed by atoms with Gasteiger partial charge in [0.05, 0.1) is 5.75 Å². The second kappa shape index (κ2) is 14.2. The summed E-state index contributed by atoms with van der Waals surface area (Å²) in [5, 5.41) is 3.32. The van der Waals surface area contributed by atoms with Crippen LogP contribution in [-0.2, 0) is 28.3 Å². The van der Waals surface area contributed by atoms with E-state index in [1.54, 1.807) is 11.8 Å². The van der Waals surface area contributed by atoms with Crippen LogP contribution in [0.5, 0.6) is 0 Å². The normalized spacial score (nSPS) is 14.6. The fourth-order valence-corrected chi connectivity index (χ4v) is 5.96. The summed E-state index contributed by atoms with van der Waals surface area (Å²) in [6.45, 7) is 4.57. The first-order chi connectivity index (χ1) is 18.5. The van der Waals surface area contributed by atoms with Crippen molar-refractivity contribution in [3.8, 4) is 0 Å². The molecule has 4 rings (SSSR count). The number of aryl methyl sites for hydroxylation is 2. The standard InChI is InChI=1S/C33H40N2O2S/c1-25-17-19-28(20-18-25)23-38-24-32(36)35(22-29-14-10-9-11-26(29)2)31(21-27-12-5-3-6-13-27)33(37)34-30-15-7-4-8-16-30/h3,5-6,9-14,17-20,30-31H,4,7-8,15-16,21-24H2,1-2H3,(H,34,37)/t31-/m0/s1. The molecule has 0 heterocycles. The largest absolute Gasteiger partial charge is 0.352 e. The third kappa shape index (κ3) is 8.22. The summed E-state index contributed by atoms with van der Waals surface area (Å²) in [5.41, 5.74) is 5.70. The molecular formula is C33H40N2O2S. The van der Waals surface area contributed by atoms with Gasteiger partial charge >= 0.3 is 0 Å². The fourth-order valence-electron chi connectivity index (χ4n) is 5.09. The highest BCUT2D eigenvalue weighted by molar-refractivity contribution is 7.99. The van der Waals surface area contributed by atoms with E-state index in [1.807, 2.05) is 47.4 Å². The Morgan fingerprint density at radius 1 is 0.868 bits per heavy atom. The second-order valence-electron chi connectivity index (χ2n) is 10.5. The molecule has 4 nitrogen and oxygen atoms in total. The van der Waals surface area contributed by atoms with E-state index >= 15 is 0 Å². The predicted molar refractivity (Wildman–Crippen MR) is 158 cm³/mol. The molecule has 1 fully saturated rings. The highest BCUT2D eigenvalue weighted by Crippen LogP contribution is 2.22. The lowest BCUT2D eigenvalue weighted by Crippen LogP contribution is -2.53. The Morgan fingerprint density at radius 3 is 2.26 bits per heavy atom. The Balaban J connectivity index is 1.56. The first kappa shape index (κ1) is 28.0. The number of nitrogens with zero attached hydrogens (tertiary/aromatic N) is 1. The zero-order valence-corrected chi connectivity index (χ0v) is 23.5. The molecule has 0 saturated heterocycles. The van der Waals surface area contributed by atoms with Crippen molar-refractivity contribution >= 4 is 23.6 Å². The smallest absolute Gasteiger partial charge is 0.243 e. The van der Waals surface area contributed by atoms with Crippen LogP contribution in [0.2, 0.25) is 0 Å². The Morgan fingerprint density at radius 2 is 1.55 bits per heavy atom. The number of carbonyl (C=O) groups excluding carboxylic acids is 2. The number of carbonyl (C=O) groups is 2. The Labute approximate surface area is 232 Å². The molecule has 0 unspecified atom stereocenters. The maximum atomic E-state index is 13.9. The molecule has 2 amide bonds. The first-order valence-corrected chi connectivity index (χ1v) is 15.0. The molecule has 200 valence electrons. The lowest BCUT2D eigenvalue weighted by molar-refractivity contribution is -0.139. The average Bonchev–Trinajstić information content (AvgIpc) is 2.93. The molecular weight excluding hydrogens is 488 g/mol. The first-order valence-electron chi connectivity index (χ1n) is 13.8. The van der Waals surface area contributed by atoms with Crippen molar-refractivity contribution in [1.82, 2.24) is 10.2 Å². The molecule has 1 aliphatic rings. The minimum Gasteiger partial charge on any atom is -0.352 e. The summed E-state index contributed by atoms with van der Waals surface area (Å²) < 4.78 is 0. The Bertz CT molecular complexity index is 1170. The summed E-state index contributed by atoms with van der Waals surface area (Å²) in [6, 6.07) is 26.3. The van der Waals surface area contributed by atoms with Gasteiger partial charge in [-0.3, -0.25) is 9.59 Å². The summed E-state index contributed by atoms with van der Waals surface area (Å²) in [6.07, 6.45) is 6.06. The topological polar surface area (TPSA) is 49.4 Å². The predicted octanol–water partition coefficient (Wildman–Crippen LogP) is 6.63. The number of hydrogen-bond acceptors (Lipinski definition) is 3. The quantitative estimate of drug-likeness (QED) is 0.304. The van der Waals surface area contributed by atoms with Gasteiger partial charge in [0.25, 0.3) is 0 Å². The van der Waals surface area contributed by atoms with Crippen LogP contribution in [0.15, 0.2) is 78.9 Å². The average molecular weight is 529 g/mol. The van der Waals surface area contributed by atoms with Crippen LogP contribution in [0.1, 0.15) is 59.9 Å². The van der Waals surface area contributed by atoms with Gasteiger partial charge in [-0.25, -0.2) is 0 Å². The van der Waals surface area contributed by atoms with Crippen molar-refractivity contribution in [1.29, 1.82) is 0 Å². The minimum absolute atomic E-state index is 0.00471. The molecule has 5 heteroatoms. The molecule has 0 aromatic heterocycles. The highest BCUT2D eigenvalue weighted by Gasteiger charge is 2.32. The van der Waals surface area contributed by atoms with Crippen LogP contribution in [0.4, 0.5) is 0 Å². The van der Waals surface area contributed by atoms with E-state index in [-0.39, 0.29) is 17.9 Å². The van der Waals surface area contributed by atoms with Crippen molar-refractivity contribution in [3.63, 3.8) is 0 Å². The number of hydrogen-bond donors (Lipinski definition) is 1. The summed E-state index contributed by atoms with van der Waals surface area (Å²) in [7, 11) is 0. The van der Waals surface area contributed by atoms with E-state index in [1.165, 1.54) is 17.5 Å². The maximum Gasteiger partial charge on any atom is 0.243 e. The molecule has 0 radical (unpaired) electrons. The van der Waals surface area contributed by atoms with E-state index in [0.29, 0.717) is 18.7 Å². The molecule has 1 atom stereocenters. The van der Waals surface area contributed by atoms with Crippen molar-refractivity contribution < 1.29 is 9.59 Å². The molecule has 1 saturated carbocycles. The zero-order chi connectivity index (χ0) is 26.7. The van der Waals surface area contributed by atoms with Gasteiger partial charge in [-0.05, 0) is 48.9 Å². The van der Waals surface area contributed by atoms with Crippen molar-refractivity contribution in [2.24, 2.45) is 0 Å². The van der Waals surface area contributed by atoms with Gasteiger partial charge in [-0.15, -0.1) is 11.8 Å². The molecule has 1 aliphatic carbocycles. The van der Waals surface area contributed by atoms with E-state index in [9.17, 15) is 9.59 Å². The molecule has 0 aliphatic heterocycles. The summed E-state index contributed by atoms with van der Waals surface area (Å²) in [5.74, 6) is 1.07. The highest BCUT2D eigenvalue weighted by atomic mass is 32.2. The monoisotopic (exact) mass is 528 g/mol. The second-order valence-corrected chi connectivity index (χ2v) is 11.5. The Hall–Kier alpha value is -3.05. The lowest BCUT2D eigenvalue weighted by atomic mass is 9.94. The van der Waals surface area contributed by atoms with Gasteiger partial charge in [0.15, 0.2) is 0 Å². The van der Waals surface area contributed by atoms with Gasteiger partial charge in [-0.2, -0.15) is 0 Å². The van der Waals surface area contributed by atoms with E-state index in [4.69, 9.17) is 0 Å². The van der Waals surface area contributed by atoms with Gasteiger partial charge < -0.3 is 10.2 Å². The maximum absolute atomic E-state index is 13.9. The molecule has 1 N–H and O–H groups in total.